The minimum Gasteiger partial charge on any atom is -0.397 e. The Bertz CT molecular complexity index is 414. The van der Waals surface area contributed by atoms with E-state index in [1.807, 2.05) is 0 Å². The number of rotatable bonds is 2. The van der Waals surface area contributed by atoms with E-state index >= 15 is 0 Å². The molecule has 13 heavy (non-hydrogen) atoms. The highest BCUT2D eigenvalue weighted by Gasteiger charge is 2.10. The molecule has 1 aromatic rings. The molecule has 0 aliphatic carbocycles. The quantitative estimate of drug-likeness (QED) is 0.481. The summed E-state index contributed by atoms with van der Waals surface area (Å²) in [6.45, 7) is 0. The SMILES string of the molecule is CNc1cc(S(=O)(=O)O)ccc1N. The van der Waals surface area contributed by atoms with Crippen LogP contribution in [0.2, 0.25) is 0 Å². The molecule has 0 spiro atoms. The molecule has 0 radical (unpaired) electrons. The van der Waals surface area contributed by atoms with Gasteiger partial charge in [-0.25, -0.2) is 0 Å². The van der Waals surface area contributed by atoms with Crippen LogP contribution in [0.5, 0.6) is 0 Å². The van der Waals surface area contributed by atoms with Crippen molar-refractivity contribution < 1.29 is 13.0 Å². The van der Waals surface area contributed by atoms with Crippen molar-refractivity contribution in [2.24, 2.45) is 0 Å². The summed E-state index contributed by atoms with van der Waals surface area (Å²) < 4.78 is 30.1. The molecule has 0 fully saturated rings. The molecule has 1 aromatic carbocycles. The van der Waals surface area contributed by atoms with Gasteiger partial charge in [-0.05, 0) is 18.2 Å². The van der Waals surface area contributed by atoms with E-state index in [2.05, 4.69) is 5.32 Å². The normalized spacial score (nSPS) is 11.2. The van der Waals surface area contributed by atoms with Gasteiger partial charge in [0.1, 0.15) is 0 Å². The van der Waals surface area contributed by atoms with Gasteiger partial charge in [0.05, 0.1) is 16.3 Å². The van der Waals surface area contributed by atoms with Crippen LogP contribution in [0.1, 0.15) is 0 Å². The van der Waals surface area contributed by atoms with Crippen molar-refractivity contribution in [2.45, 2.75) is 4.90 Å². The van der Waals surface area contributed by atoms with Gasteiger partial charge >= 0.3 is 0 Å². The number of benzene rings is 1. The second-order valence-electron chi connectivity index (χ2n) is 2.47. The van der Waals surface area contributed by atoms with Crippen molar-refractivity contribution in [1.29, 1.82) is 0 Å². The predicted octanol–water partition coefficient (Wildman–Crippen LogP) is 0.557. The van der Waals surface area contributed by atoms with E-state index in [1.54, 1.807) is 7.05 Å². The highest BCUT2D eigenvalue weighted by molar-refractivity contribution is 7.85. The molecule has 0 aliphatic heterocycles. The zero-order valence-corrected chi connectivity index (χ0v) is 7.80. The van der Waals surface area contributed by atoms with Gasteiger partial charge in [0.25, 0.3) is 10.1 Å². The fourth-order valence-electron chi connectivity index (χ4n) is 0.912. The van der Waals surface area contributed by atoms with E-state index in [0.29, 0.717) is 11.4 Å². The average Bonchev–Trinajstić information content (AvgIpc) is 2.03. The zero-order chi connectivity index (χ0) is 10.1. The maximum atomic E-state index is 10.7. The van der Waals surface area contributed by atoms with E-state index in [4.69, 9.17) is 10.3 Å². The van der Waals surface area contributed by atoms with E-state index in [-0.39, 0.29) is 4.90 Å². The van der Waals surface area contributed by atoms with E-state index in [1.165, 1.54) is 18.2 Å². The van der Waals surface area contributed by atoms with Gasteiger partial charge in [-0.15, -0.1) is 0 Å². The van der Waals surface area contributed by atoms with Crippen molar-refractivity contribution in [3.05, 3.63) is 18.2 Å². The second-order valence-corrected chi connectivity index (χ2v) is 3.90. The lowest BCUT2D eigenvalue weighted by Crippen LogP contribution is -2.01. The third kappa shape index (κ3) is 2.10. The van der Waals surface area contributed by atoms with Crippen LogP contribution in [0.25, 0.3) is 0 Å². The van der Waals surface area contributed by atoms with Crippen LogP contribution in [0.4, 0.5) is 11.4 Å². The molecule has 72 valence electrons. The Morgan fingerprint density at radius 3 is 2.54 bits per heavy atom. The highest BCUT2D eigenvalue weighted by Crippen LogP contribution is 2.21. The van der Waals surface area contributed by atoms with Crippen LogP contribution in [-0.4, -0.2) is 20.0 Å². The Morgan fingerprint density at radius 2 is 2.08 bits per heavy atom. The van der Waals surface area contributed by atoms with Crippen molar-refractivity contribution in [2.75, 3.05) is 18.1 Å². The molecule has 0 atom stereocenters. The molecule has 0 amide bonds. The molecule has 1 rings (SSSR count). The predicted molar refractivity (Wildman–Crippen MR) is 50.2 cm³/mol. The first-order valence-corrected chi connectivity index (χ1v) is 4.94. The van der Waals surface area contributed by atoms with Crippen LogP contribution in [-0.2, 0) is 10.1 Å². The number of nitrogens with two attached hydrogens (primary N) is 1. The van der Waals surface area contributed by atoms with Crippen LogP contribution in [0, 0.1) is 0 Å². The molecule has 0 heterocycles. The maximum Gasteiger partial charge on any atom is 0.294 e. The molecular weight excluding hydrogens is 192 g/mol. The summed E-state index contributed by atoms with van der Waals surface area (Å²) in [4.78, 5) is -0.175. The van der Waals surface area contributed by atoms with Gasteiger partial charge < -0.3 is 11.1 Å². The fourth-order valence-corrected chi connectivity index (χ4v) is 1.42. The van der Waals surface area contributed by atoms with E-state index in [0.717, 1.165) is 0 Å². The van der Waals surface area contributed by atoms with Crippen molar-refractivity contribution in [1.82, 2.24) is 0 Å². The van der Waals surface area contributed by atoms with Crippen molar-refractivity contribution in [3.63, 3.8) is 0 Å². The van der Waals surface area contributed by atoms with Gasteiger partial charge in [-0.2, -0.15) is 8.42 Å². The summed E-state index contributed by atoms with van der Waals surface area (Å²) in [6, 6.07) is 3.92. The molecule has 0 saturated carbocycles. The molecule has 5 nitrogen and oxygen atoms in total. The Hall–Kier alpha value is -1.27. The molecule has 0 aromatic heterocycles. The van der Waals surface area contributed by atoms with Gasteiger partial charge in [-0.1, -0.05) is 0 Å². The van der Waals surface area contributed by atoms with Crippen LogP contribution >= 0.6 is 0 Å². The van der Waals surface area contributed by atoms with Crippen LogP contribution in [0.15, 0.2) is 23.1 Å². The lowest BCUT2D eigenvalue weighted by atomic mass is 10.3. The number of anilines is 2. The molecular formula is C7H10N2O3S. The lowest BCUT2D eigenvalue weighted by Gasteiger charge is -2.05. The van der Waals surface area contributed by atoms with Crippen LogP contribution < -0.4 is 11.1 Å². The monoisotopic (exact) mass is 202 g/mol. The van der Waals surface area contributed by atoms with E-state index < -0.39 is 10.1 Å². The highest BCUT2D eigenvalue weighted by atomic mass is 32.2. The number of hydrogen-bond donors (Lipinski definition) is 3. The molecule has 0 unspecified atom stereocenters. The molecule has 4 N–H and O–H groups in total. The van der Waals surface area contributed by atoms with Crippen molar-refractivity contribution in [3.8, 4) is 0 Å². The Labute approximate surface area is 76.3 Å². The molecule has 6 heteroatoms. The first kappa shape index (κ1) is 9.82. The maximum absolute atomic E-state index is 10.7. The van der Waals surface area contributed by atoms with Crippen LogP contribution in [0.3, 0.4) is 0 Å². The average molecular weight is 202 g/mol. The van der Waals surface area contributed by atoms with E-state index in [9.17, 15) is 8.42 Å². The summed E-state index contributed by atoms with van der Waals surface area (Å²) in [5.41, 5.74) is 6.40. The number of nitrogens with one attached hydrogen (secondary N) is 1. The van der Waals surface area contributed by atoms with Gasteiger partial charge in [-0.3, -0.25) is 4.55 Å². The zero-order valence-electron chi connectivity index (χ0n) is 6.98. The minimum absolute atomic E-state index is 0.175. The minimum atomic E-state index is -4.15. The number of hydrogen-bond acceptors (Lipinski definition) is 4. The third-order valence-electron chi connectivity index (χ3n) is 1.59. The summed E-state index contributed by atoms with van der Waals surface area (Å²) >= 11 is 0. The van der Waals surface area contributed by atoms with Crippen molar-refractivity contribution >= 4 is 21.5 Å². The topological polar surface area (TPSA) is 92.4 Å². The fraction of sp³-hybridized carbons (Fsp3) is 0.143. The Balaban J connectivity index is 3.30. The van der Waals surface area contributed by atoms with Gasteiger partial charge in [0.2, 0.25) is 0 Å². The molecule has 0 saturated heterocycles. The second kappa shape index (κ2) is 3.23. The lowest BCUT2D eigenvalue weighted by molar-refractivity contribution is 0.483. The molecule has 0 bridgehead atoms. The largest absolute Gasteiger partial charge is 0.397 e. The molecule has 0 aliphatic rings. The summed E-state index contributed by atoms with van der Waals surface area (Å²) in [7, 11) is -2.54. The first-order valence-electron chi connectivity index (χ1n) is 3.50. The van der Waals surface area contributed by atoms with Gasteiger partial charge in [0.15, 0.2) is 0 Å². The Kier molecular flexibility index (Phi) is 2.44. The first-order chi connectivity index (χ1) is 5.95. The van der Waals surface area contributed by atoms with Gasteiger partial charge in [0, 0.05) is 7.05 Å². The summed E-state index contributed by atoms with van der Waals surface area (Å²) in [5.74, 6) is 0. The summed E-state index contributed by atoms with van der Waals surface area (Å²) in [6.07, 6.45) is 0. The summed E-state index contributed by atoms with van der Waals surface area (Å²) in [5, 5.41) is 2.71. The Morgan fingerprint density at radius 1 is 1.46 bits per heavy atom. The number of nitrogen functional groups attached to an aromatic ring is 1. The standard InChI is InChI=1S/C7H10N2O3S/c1-9-7-4-5(13(10,11)12)2-3-6(7)8/h2-4,9H,8H2,1H3,(H,10,11,12). The smallest absolute Gasteiger partial charge is 0.294 e. The third-order valence-corrected chi connectivity index (χ3v) is 2.44.